The molecular formula is C20H26ClFN2O. The second-order valence-electron chi connectivity index (χ2n) is 6.34. The molecule has 1 aromatic carbocycles. The summed E-state index contributed by atoms with van der Waals surface area (Å²) in [4.78, 5) is 14.2. The fourth-order valence-corrected chi connectivity index (χ4v) is 2.98. The van der Waals surface area contributed by atoms with Gasteiger partial charge in [-0.15, -0.1) is 11.6 Å². The molecule has 0 saturated carbocycles. The van der Waals surface area contributed by atoms with Crippen LogP contribution in [0.5, 0.6) is 0 Å². The Bertz CT molecular complexity index is 684. The first-order valence-corrected chi connectivity index (χ1v) is 9.26. The normalized spacial score (nSPS) is 12.2. The number of alkyl halides is 1. The number of unbranched alkanes of at least 4 members (excludes halogenated alkanes) is 2. The van der Waals surface area contributed by atoms with E-state index in [4.69, 9.17) is 11.6 Å². The number of carbonyl (C=O) groups excluding carboxylic acids is 1. The Labute approximate surface area is 154 Å². The van der Waals surface area contributed by atoms with Crippen molar-refractivity contribution in [2.24, 2.45) is 0 Å². The summed E-state index contributed by atoms with van der Waals surface area (Å²) in [5.41, 5.74) is 1.92. The van der Waals surface area contributed by atoms with Gasteiger partial charge in [-0.3, -0.25) is 4.79 Å². The predicted octanol–water partition coefficient (Wildman–Crippen LogP) is 4.82. The highest BCUT2D eigenvalue weighted by Crippen LogP contribution is 2.14. The highest BCUT2D eigenvalue weighted by molar-refractivity contribution is 6.30. The van der Waals surface area contributed by atoms with Crippen molar-refractivity contribution in [3.63, 3.8) is 0 Å². The lowest BCUT2D eigenvalue weighted by Gasteiger charge is -2.25. The van der Waals surface area contributed by atoms with Gasteiger partial charge in [0, 0.05) is 25.0 Å². The fraction of sp³-hybridized carbons (Fsp3) is 0.450. The maximum Gasteiger partial charge on any atom is 0.240 e. The zero-order valence-corrected chi connectivity index (χ0v) is 15.7. The molecule has 0 aliphatic rings. The van der Waals surface area contributed by atoms with Crippen LogP contribution in [0.1, 0.15) is 44.4 Å². The molecule has 0 saturated heterocycles. The first-order valence-electron chi connectivity index (χ1n) is 8.82. The van der Waals surface area contributed by atoms with Crippen molar-refractivity contribution in [3.05, 3.63) is 59.7 Å². The molecule has 25 heavy (non-hydrogen) atoms. The standard InChI is InChI=1S/C20H26ClFN2O/c1-3-4-5-11-24(20(25)16(2)21)15-19-10-7-12-23(19)14-17-8-6-9-18(22)13-17/h6-10,12-13,16H,3-5,11,14-15H2,1-2H3/t16-/m0/s1. The summed E-state index contributed by atoms with van der Waals surface area (Å²) in [6.07, 6.45) is 5.12. The summed E-state index contributed by atoms with van der Waals surface area (Å²) >= 11 is 6.02. The highest BCUT2D eigenvalue weighted by Gasteiger charge is 2.19. The van der Waals surface area contributed by atoms with Gasteiger partial charge in [0.05, 0.1) is 6.54 Å². The fourth-order valence-electron chi connectivity index (χ4n) is 2.85. The molecule has 2 aromatic rings. The lowest BCUT2D eigenvalue weighted by atomic mass is 10.2. The molecule has 0 spiro atoms. The zero-order valence-electron chi connectivity index (χ0n) is 14.9. The Morgan fingerprint density at radius 3 is 2.76 bits per heavy atom. The van der Waals surface area contributed by atoms with E-state index in [2.05, 4.69) is 6.92 Å². The molecule has 0 bridgehead atoms. The Morgan fingerprint density at radius 2 is 2.08 bits per heavy atom. The van der Waals surface area contributed by atoms with Crippen molar-refractivity contribution in [1.29, 1.82) is 0 Å². The maximum atomic E-state index is 13.4. The second-order valence-corrected chi connectivity index (χ2v) is 6.99. The van der Waals surface area contributed by atoms with E-state index in [0.717, 1.165) is 30.5 Å². The molecule has 5 heteroatoms. The van der Waals surface area contributed by atoms with Crippen LogP contribution in [0.3, 0.4) is 0 Å². The third-order valence-electron chi connectivity index (χ3n) is 4.20. The third kappa shape index (κ3) is 5.89. The van der Waals surface area contributed by atoms with Crippen molar-refractivity contribution in [2.75, 3.05) is 6.54 Å². The number of nitrogens with zero attached hydrogens (tertiary/aromatic N) is 2. The van der Waals surface area contributed by atoms with E-state index >= 15 is 0 Å². The summed E-state index contributed by atoms with van der Waals surface area (Å²) in [7, 11) is 0. The summed E-state index contributed by atoms with van der Waals surface area (Å²) in [6.45, 7) is 5.65. The Balaban J connectivity index is 2.11. The largest absolute Gasteiger partial charge is 0.345 e. The first-order chi connectivity index (χ1) is 12.0. The van der Waals surface area contributed by atoms with Crippen LogP contribution in [-0.2, 0) is 17.9 Å². The van der Waals surface area contributed by atoms with Crippen LogP contribution in [0, 0.1) is 5.82 Å². The van der Waals surface area contributed by atoms with E-state index in [-0.39, 0.29) is 11.7 Å². The van der Waals surface area contributed by atoms with Crippen molar-refractivity contribution < 1.29 is 9.18 Å². The number of aromatic nitrogens is 1. The van der Waals surface area contributed by atoms with Gasteiger partial charge < -0.3 is 9.47 Å². The summed E-state index contributed by atoms with van der Waals surface area (Å²) in [5.74, 6) is -0.283. The molecular weight excluding hydrogens is 339 g/mol. The number of rotatable bonds is 9. The summed E-state index contributed by atoms with van der Waals surface area (Å²) < 4.78 is 15.4. The zero-order chi connectivity index (χ0) is 18.2. The quantitative estimate of drug-likeness (QED) is 0.462. The lowest BCUT2D eigenvalue weighted by molar-refractivity contribution is -0.131. The maximum absolute atomic E-state index is 13.4. The van der Waals surface area contributed by atoms with Gasteiger partial charge >= 0.3 is 0 Å². The van der Waals surface area contributed by atoms with Gasteiger partial charge in [0.1, 0.15) is 11.2 Å². The smallest absolute Gasteiger partial charge is 0.240 e. The van der Waals surface area contributed by atoms with Crippen LogP contribution in [0.15, 0.2) is 42.6 Å². The van der Waals surface area contributed by atoms with Crippen molar-refractivity contribution in [1.82, 2.24) is 9.47 Å². The van der Waals surface area contributed by atoms with Crippen molar-refractivity contribution in [2.45, 2.75) is 51.6 Å². The highest BCUT2D eigenvalue weighted by atomic mass is 35.5. The molecule has 1 aromatic heterocycles. The molecule has 3 nitrogen and oxygen atoms in total. The van der Waals surface area contributed by atoms with Crippen LogP contribution in [0.2, 0.25) is 0 Å². The summed E-state index contributed by atoms with van der Waals surface area (Å²) in [6, 6.07) is 10.5. The van der Waals surface area contributed by atoms with E-state index in [9.17, 15) is 9.18 Å². The van der Waals surface area contributed by atoms with Gasteiger partial charge in [-0.2, -0.15) is 0 Å². The van der Waals surface area contributed by atoms with Gasteiger partial charge in [0.15, 0.2) is 0 Å². The van der Waals surface area contributed by atoms with E-state index < -0.39 is 5.38 Å². The van der Waals surface area contributed by atoms with Gasteiger partial charge in [-0.05, 0) is 43.2 Å². The number of carbonyl (C=O) groups is 1. The molecule has 136 valence electrons. The Hall–Kier alpha value is -1.81. The first kappa shape index (κ1) is 19.5. The number of hydrogen-bond acceptors (Lipinski definition) is 1. The molecule has 1 atom stereocenters. The minimum atomic E-state index is -0.534. The SMILES string of the molecule is CCCCCN(Cc1cccn1Cc1cccc(F)c1)C(=O)[C@H](C)Cl. The number of halogens is 2. The minimum Gasteiger partial charge on any atom is -0.345 e. The average Bonchev–Trinajstić information content (AvgIpc) is 3.00. The van der Waals surface area contributed by atoms with Crippen LogP contribution < -0.4 is 0 Å². The third-order valence-corrected chi connectivity index (χ3v) is 4.39. The molecule has 0 N–H and O–H groups in total. The van der Waals surface area contributed by atoms with Crippen molar-refractivity contribution >= 4 is 17.5 Å². The molecule has 0 fully saturated rings. The molecule has 1 heterocycles. The Morgan fingerprint density at radius 1 is 1.28 bits per heavy atom. The molecule has 1 amide bonds. The van der Waals surface area contributed by atoms with Gasteiger partial charge in [0.2, 0.25) is 5.91 Å². The monoisotopic (exact) mass is 364 g/mol. The van der Waals surface area contributed by atoms with Gasteiger partial charge in [-0.25, -0.2) is 4.39 Å². The van der Waals surface area contributed by atoms with Crippen LogP contribution >= 0.6 is 11.6 Å². The van der Waals surface area contributed by atoms with Crippen molar-refractivity contribution in [3.8, 4) is 0 Å². The number of amides is 1. The van der Waals surface area contributed by atoms with Crippen LogP contribution in [-0.4, -0.2) is 27.3 Å². The molecule has 0 radical (unpaired) electrons. The Kier molecular flexibility index (Phi) is 7.51. The van der Waals surface area contributed by atoms with Gasteiger partial charge in [-0.1, -0.05) is 31.9 Å². The summed E-state index contributed by atoms with van der Waals surface area (Å²) in [5, 5.41) is -0.534. The van der Waals surface area contributed by atoms with Crippen LogP contribution in [0.25, 0.3) is 0 Å². The van der Waals surface area contributed by atoms with E-state index in [1.54, 1.807) is 13.0 Å². The average molecular weight is 365 g/mol. The molecule has 0 aliphatic carbocycles. The molecule has 0 unspecified atom stereocenters. The van der Waals surface area contributed by atoms with Gasteiger partial charge in [0.25, 0.3) is 0 Å². The number of benzene rings is 1. The van der Waals surface area contributed by atoms with Crippen LogP contribution in [0.4, 0.5) is 4.39 Å². The molecule has 2 rings (SSSR count). The minimum absolute atomic E-state index is 0.0451. The lowest BCUT2D eigenvalue weighted by Crippen LogP contribution is -2.36. The van der Waals surface area contributed by atoms with E-state index in [1.807, 2.05) is 33.9 Å². The van der Waals surface area contributed by atoms with E-state index in [1.165, 1.54) is 12.1 Å². The second kappa shape index (κ2) is 9.62. The number of hydrogen-bond donors (Lipinski definition) is 0. The predicted molar refractivity (Wildman–Crippen MR) is 100 cm³/mol. The molecule has 0 aliphatic heterocycles. The van der Waals surface area contributed by atoms with E-state index in [0.29, 0.717) is 19.6 Å². The topological polar surface area (TPSA) is 25.2 Å².